The van der Waals surface area contributed by atoms with Crippen LogP contribution in [0.1, 0.15) is 51.2 Å². The molecule has 128 valence electrons. The van der Waals surface area contributed by atoms with Crippen molar-refractivity contribution in [1.82, 2.24) is 0 Å². The summed E-state index contributed by atoms with van der Waals surface area (Å²) in [4.78, 5) is 4.52. The van der Waals surface area contributed by atoms with Crippen LogP contribution in [-0.2, 0) is 10.9 Å². The van der Waals surface area contributed by atoms with E-state index in [1.165, 1.54) is 12.1 Å². The minimum atomic E-state index is -4.31. The highest BCUT2D eigenvalue weighted by atomic mass is 19.4. The number of alkyl halides is 3. The lowest BCUT2D eigenvalue weighted by Crippen LogP contribution is -2.04. The molecule has 0 amide bonds. The summed E-state index contributed by atoms with van der Waals surface area (Å²) >= 11 is 0. The summed E-state index contributed by atoms with van der Waals surface area (Å²) in [5, 5.41) is 0. The van der Waals surface area contributed by atoms with Crippen LogP contribution in [0.2, 0.25) is 0 Å². The number of benzene rings is 1. The summed E-state index contributed by atoms with van der Waals surface area (Å²) < 4.78 is 43.2. The van der Waals surface area contributed by atoms with Gasteiger partial charge in [-0.1, -0.05) is 25.1 Å². The minimum Gasteiger partial charge on any atom is -0.381 e. The predicted octanol–water partition coefficient (Wildman–Crippen LogP) is 5.73. The number of rotatable bonds is 8. The normalized spacial score (nSPS) is 13.5. The van der Waals surface area contributed by atoms with Crippen molar-refractivity contribution in [3.8, 4) is 0 Å². The second-order valence-electron chi connectivity index (χ2n) is 5.31. The van der Waals surface area contributed by atoms with Gasteiger partial charge in [0.15, 0.2) is 0 Å². The third kappa shape index (κ3) is 6.99. The Morgan fingerprint density at radius 3 is 2.35 bits per heavy atom. The maximum Gasteiger partial charge on any atom is 0.416 e. The first-order chi connectivity index (χ1) is 10.9. The van der Waals surface area contributed by atoms with Crippen molar-refractivity contribution in [3.63, 3.8) is 0 Å². The Morgan fingerprint density at radius 1 is 1.17 bits per heavy atom. The Labute approximate surface area is 136 Å². The van der Waals surface area contributed by atoms with Gasteiger partial charge in [0.05, 0.1) is 11.3 Å². The van der Waals surface area contributed by atoms with E-state index in [1.807, 2.05) is 13.8 Å². The molecule has 23 heavy (non-hydrogen) atoms. The zero-order chi connectivity index (χ0) is 17.3. The fraction of sp³-hybridized carbons (Fsp3) is 0.500. The summed E-state index contributed by atoms with van der Waals surface area (Å²) in [6.07, 6.45) is 0.191. The highest BCUT2D eigenvalue weighted by Gasteiger charge is 2.29. The minimum absolute atomic E-state index is 0.648. The Balaban J connectivity index is 2.67. The first-order valence-corrected chi connectivity index (χ1v) is 7.84. The van der Waals surface area contributed by atoms with E-state index in [2.05, 4.69) is 11.9 Å². The van der Waals surface area contributed by atoms with Crippen molar-refractivity contribution < 1.29 is 17.9 Å². The molecule has 0 aliphatic rings. The summed E-state index contributed by atoms with van der Waals surface area (Å²) in [6.45, 7) is 7.28. The van der Waals surface area contributed by atoms with E-state index in [0.717, 1.165) is 43.7 Å². The average molecular weight is 327 g/mol. The SMILES string of the molecule is C/C=C(\N=C(C)CCCOCCC)c1ccc(C(F)(F)F)cc1. The van der Waals surface area contributed by atoms with Crippen LogP contribution in [0.5, 0.6) is 0 Å². The molecule has 0 aliphatic heterocycles. The van der Waals surface area contributed by atoms with Crippen LogP contribution in [-0.4, -0.2) is 18.9 Å². The van der Waals surface area contributed by atoms with Gasteiger partial charge >= 0.3 is 6.18 Å². The van der Waals surface area contributed by atoms with Crippen LogP contribution in [0.25, 0.3) is 5.70 Å². The number of hydrogen-bond acceptors (Lipinski definition) is 2. The number of nitrogens with zero attached hydrogens (tertiary/aromatic N) is 1. The molecule has 0 heterocycles. The lowest BCUT2D eigenvalue weighted by Gasteiger charge is -2.09. The second-order valence-corrected chi connectivity index (χ2v) is 5.31. The number of hydrogen-bond donors (Lipinski definition) is 0. The van der Waals surface area contributed by atoms with Crippen molar-refractivity contribution >= 4 is 11.4 Å². The Morgan fingerprint density at radius 2 is 1.83 bits per heavy atom. The molecule has 0 unspecified atom stereocenters. The largest absolute Gasteiger partial charge is 0.416 e. The molecule has 1 aromatic rings. The summed E-state index contributed by atoms with van der Waals surface area (Å²) in [5.41, 5.74) is 1.66. The molecule has 0 spiro atoms. The molecular formula is C18H24F3NO. The van der Waals surface area contributed by atoms with Gasteiger partial charge in [-0.3, -0.25) is 4.99 Å². The van der Waals surface area contributed by atoms with Crippen molar-refractivity contribution in [2.75, 3.05) is 13.2 Å². The van der Waals surface area contributed by atoms with Crippen molar-refractivity contribution in [1.29, 1.82) is 0 Å². The second kappa shape index (κ2) is 9.50. The number of halogens is 3. The first-order valence-electron chi connectivity index (χ1n) is 7.84. The van der Waals surface area contributed by atoms with Crippen molar-refractivity contribution in [2.24, 2.45) is 4.99 Å². The fourth-order valence-electron chi connectivity index (χ4n) is 2.06. The van der Waals surface area contributed by atoms with E-state index in [9.17, 15) is 13.2 Å². The van der Waals surface area contributed by atoms with Crippen LogP contribution in [0.3, 0.4) is 0 Å². The number of allylic oxidation sites excluding steroid dienone is 1. The Hall–Kier alpha value is -1.62. The van der Waals surface area contributed by atoms with E-state index in [-0.39, 0.29) is 0 Å². The van der Waals surface area contributed by atoms with E-state index in [0.29, 0.717) is 17.9 Å². The lowest BCUT2D eigenvalue weighted by atomic mass is 10.1. The van der Waals surface area contributed by atoms with E-state index < -0.39 is 11.7 Å². The molecule has 0 aliphatic carbocycles. The molecule has 0 saturated carbocycles. The molecule has 2 nitrogen and oxygen atoms in total. The molecule has 5 heteroatoms. The van der Waals surface area contributed by atoms with Gasteiger partial charge in [-0.05, 0) is 50.8 Å². The van der Waals surface area contributed by atoms with Crippen molar-refractivity contribution in [2.45, 2.75) is 46.2 Å². The quantitative estimate of drug-likeness (QED) is 0.441. The van der Waals surface area contributed by atoms with Gasteiger partial charge in [0, 0.05) is 18.9 Å². The van der Waals surface area contributed by atoms with Gasteiger partial charge in [-0.25, -0.2) is 0 Å². The van der Waals surface area contributed by atoms with Crippen LogP contribution in [0.4, 0.5) is 13.2 Å². The number of ether oxygens (including phenoxy) is 1. The van der Waals surface area contributed by atoms with Crippen molar-refractivity contribution in [3.05, 3.63) is 41.5 Å². The molecule has 0 aromatic heterocycles. The smallest absolute Gasteiger partial charge is 0.381 e. The topological polar surface area (TPSA) is 21.6 Å². The van der Waals surface area contributed by atoms with E-state index in [1.54, 1.807) is 6.08 Å². The summed E-state index contributed by atoms with van der Waals surface area (Å²) in [5.74, 6) is 0. The van der Waals surface area contributed by atoms with E-state index >= 15 is 0 Å². The molecule has 0 radical (unpaired) electrons. The monoisotopic (exact) mass is 327 g/mol. The zero-order valence-electron chi connectivity index (χ0n) is 13.9. The van der Waals surface area contributed by atoms with Crippen LogP contribution in [0.15, 0.2) is 35.3 Å². The van der Waals surface area contributed by atoms with Crippen LogP contribution >= 0.6 is 0 Å². The average Bonchev–Trinajstić information content (AvgIpc) is 2.51. The van der Waals surface area contributed by atoms with Crippen LogP contribution in [0, 0.1) is 0 Å². The summed E-state index contributed by atoms with van der Waals surface area (Å²) in [7, 11) is 0. The van der Waals surface area contributed by atoms with Crippen LogP contribution < -0.4 is 0 Å². The van der Waals surface area contributed by atoms with Gasteiger partial charge < -0.3 is 4.74 Å². The summed E-state index contributed by atoms with van der Waals surface area (Å²) in [6, 6.07) is 5.09. The van der Waals surface area contributed by atoms with Gasteiger partial charge in [-0.15, -0.1) is 0 Å². The van der Waals surface area contributed by atoms with Gasteiger partial charge in [-0.2, -0.15) is 13.2 Å². The first kappa shape index (κ1) is 19.4. The van der Waals surface area contributed by atoms with Gasteiger partial charge in [0.2, 0.25) is 0 Å². The maximum atomic E-state index is 12.6. The molecule has 0 fully saturated rings. The molecule has 0 saturated heterocycles. The molecule has 1 rings (SSSR count). The van der Waals surface area contributed by atoms with E-state index in [4.69, 9.17) is 4.74 Å². The molecule has 0 N–H and O–H groups in total. The third-order valence-electron chi connectivity index (χ3n) is 3.27. The molecule has 0 atom stereocenters. The van der Waals surface area contributed by atoms with Gasteiger partial charge in [0.25, 0.3) is 0 Å². The maximum absolute atomic E-state index is 12.6. The lowest BCUT2D eigenvalue weighted by molar-refractivity contribution is -0.137. The number of aliphatic imine (C=N–C) groups is 1. The highest BCUT2D eigenvalue weighted by Crippen LogP contribution is 2.30. The standard InChI is InChI=1S/C18H24F3NO/c1-4-12-23-13-6-7-14(3)22-17(5-2)15-8-10-16(11-9-15)18(19,20)21/h5,8-11H,4,6-7,12-13H2,1-3H3/b17-5-,22-14?. The predicted molar refractivity (Wildman–Crippen MR) is 88.5 cm³/mol. The third-order valence-corrected chi connectivity index (χ3v) is 3.27. The highest BCUT2D eigenvalue weighted by molar-refractivity contribution is 5.87. The Bertz CT molecular complexity index is 530. The Kier molecular flexibility index (Phi) is 8.03. The fourth-order valence-corrected chi connectivity index (χ4v) is 2.06. The molecule has 1 aromatic carbocycles. The van der Waals surface area contributed by atoms with Gasteiger partial charge in [0.1, 0.15) is 0 Å². The molecular weight excluding hydrogens is 303 g/mol. The zero-order valence-corrected chi connectivity index (χ0v) is 13.9. The molecule has 0 bridgehead atoms.